The molecule has 1 aromatic carbocycles. The molecule has 0 aromatic heterocycles. The van der Waals surface area contributed by atoms with E-state index in [9.17, 15) is 4.39 Å². The van der Waals surface area contributed by atoms with Gasteiger partial charge in [0.15, 0.2) is 5.97 Å². The molecule has 110 valence electrons. The number of aliphatic carboxylic acids is 2. The minimum absolute atomic E-state index is 0.159. The molecule has 2 rings (SSSR count). The van der Waals surface area contributed by atoms with Crippen molar-refractivity contribution in [2.45, 2.75) is 0 Å². The summed E-state index contributed by atoms with van der Waals surface area (Å²) in [5.74, 6) is -4.17. The topological polar surface area (TPSA) is 85.1 Å². The number of carboxylic acids is 2. The normalized spacial score (nSPS) is 15.2. The van der Waals surface area contributed by atoms with E-state index in [1.807, 2.05) is 12.1 Å². The summed E-state index contributed by atoms with van der Waals surface area (Å²) in [5, 5.41) is 16.3. The molecule has 6 nitrogen and oxygen atoms in total. The van der Waals surface area contributed by atoms with Crippen LogP contribution in [0, 0.1) is 5.82 Å². The second kappa shape index (κ2) is 7.44. The molecule has 0 radical (unpaired) electrons. The first-order chi connectivity index (χ1) is 9.40. The van der Waals surface area contributed by atoms with Crippen LogP contribution in [0.4, 0.5) is 10.1 Å². The predicted octanol–water partition coefficient (Wildman–Crippen LogP) is -2.02. The summed E-state index contributed by atoms with van der Waals surface area (Å²) in [6.07, 6.45) is 0. The van der Waals surface area contributed by atoms with E-state index >= 15 is 0 Å². The van der Waals surface area contributed by atoms with E-state index in [4.69, 9.17) is 19.8 Å². The summed E-state index contributed by atoms with van der Waals surface area (Å²) in [4.78, 5) is 21.9. The largest absolute Gasteiger partial charge is 0.539 e. The van der Waals surface area contributed by atoms with Gasteiger partial charge in [-0.25, -0.2) is 9.18 Å². The van der Waals surface area contributed by atoms with Crippen molar-refractivity contribution in [3.63, 3.8) is 0 Å². The summed E-state index contributed by atoms with van der Waals surface area (Å²) < 4.78 is 12.7. The third-order valence-corrected chi connectivity index (χ3v) is 2.98. The van der Waals surface area contributed by atoms with Gasteiger partial charge in [0.25, 0.3) is 0 Å². The van der Waals surface area contributed by atoms with Crippen molar-refractivity contribution in [1.29, 1.82) is 0 Å². The van der Waals surface area contributed by atoms with Gasteiger partial charge in [-0.15, -0.1) is 0 Å². The van der Waals surface area contributed by atoms with Gasteiger partial charge in [-0.3, -0.25) is 0 Å². The number of nitrogens with one attached hydrogen (secondary N) is 1. The minimum atomic E-state index is -2.07. The number of nitrogens with zero attached hydrogens (tertiary/aromatic N) is 1. The molecule has 0 spiro atoms. The van der Waals surface area contributed by atoms with Crippen molar-refractivity contribution < 1.29 is 29.1 Å². The number of piperazine rings is 1. The fraction of sp³-hybridized carbons (Fsp3) is 0.385. The van der Waals surface area contributed by atoms with Gasteiger partial charge >= 0.3 is 5.97 Å². The van der Waals surface area contributed by atoms with Crippen molar-refractivity contribution in [1.82, 2.24) is 0 Å². The Balaban J connectivity index is 0.000000286. The highest BCUT2D eigenvalue weighted by Gasteiger charge is 2.16. The van der Waals surface area contributed by atoms with E-state index in [0.29, 0.717) is 0 Å². The zero-order valence-corrected chi connectivity index (χ0v) is 11.1. The van der Waals surface area contributed by atoms with Gasteiger partial charge in [0.05, 0.1) is 33.2 Å². The van der Waals surface area contributed by atoms with Crippen LogP contribution in [-0.4, -0.2) is 50.3 Å². The number of carbonyl (C=O) groups is 2. The van der Waals surface area contributed by atoms with E-state index in [1.54, 1.807) is 4.90 Å². The number of anilines is 1. The lowest BCUT2D eigenvalue weighted by Crippen LogP contribution is -3.12. The molecule has 1 heterocycles. The van der Waals surface area contributed by atoms with E-state index in [0.717, 1.165) is 31.9 Å². The van der Waals surface area contributed by atoms with Crippen LogP contribution in [0.3, 0.4) is 0 Å². The Bertz CT molecular complexity index is 444. The molecule has 0 bridgehead atoms. The molecular formula is C13H17FN2O4. The smallest absolute Gasteiger partial charge is 0.351 e. The Morgan fingerprint density at radius 1 is 1.25 bits per heavy atom. The van der Waals surface area contributed by atoms with Crippen molar-refractivity contribution in [2.75, 3.05) is 38.1 Å². The number of halogens is 1. The predicted molar refractivity (Wildman–Crippen MR) is 67.9 cm³/mol. The number of quaternary nitrogens is 1. The first-order valence-electron chi connectivity index (χ1n) is 6.16. The number of carbonyl (C=O) groups excluding carboxylic acids is 1. The van der Waals surface area contributed by atoms with E-state index in [2.05, 4.69) is 11.9 Å². The fourth-order valence-electron chi connectivity index (χ4n) is 1.80. The number of benzene rings is 1. The SMILES string of the molecule is C[NH+]1CCN(c2ccc(F)cc2)CC1.O=C([O-])C(=O)O. The molecule has 1 fully saturated rings. The van der Waals surface area contributed by atoms with Crippen LogP contribution in [0.5, 0.6) is 0 Å². The van der Waals surface area contributed by atoms with Gasteiger partial charge in [-0.05, 0) is 24.3 Å². The molecule has 20 heavy (non-hydrogen) atoms. The lowest BCUT2D eigenvalue weighted by Gasteiger charge is -2.31. The summed E-state index contributed by atoms with van der Waals surface area (Å²) in [5.41, 5.74) is 1.14. The first-order valence-corrected chi connectivity index (χ1v) is 6.16. The van der Waals surface area contributed by atoms with Gasteiger partial charge in [0.1, 0.15) is 5.82 Å². The first kappa shape index (κ1) is 15.9. The van der Waals surface area contributed by atoms with E-state index < -0.39 is 11.9 Å². The summed E-state index contributed by atoms with van der Waals surface area (Å²) in [7, 11) is 2.21. The maximum atomic E-state index is 12.7. The van der Waals surface area contributed by atoms with Crippen LogP contribution in [-0.2, 0) is 9.59 Å². The standard InChI is InChI=1S/C11H15FN2.C2H2O4/c1-13-6-8-14(9-7-13)11-4-2-10(12)3-5-11;3-1(4)2(5)6/h2-5H,6-9H2,1H3;(H,3,4)(H,5,6). The van der Waals surface area contributed by atoms with Crippen molar-refractivity contribution in [2.24, 2.45) is 0 Å². The average molecular weight is 284 g/mol. The van der Waals surface area contributed by atoms with Crippen LogP contribution in [0.2, 0.25) is 0 Å². The number of hydrogen-bond donors (Lipinski definition) is 2. The number of rotatable bonds is 1. The Hall–Kier alpha value is -2.15. The number of likely N-dealkylation sites (N-methyl/N-ethyl adjacent to an activating group) is 1. The minimum Gasteiger partial charge on any atom is -0.539 e. The zero-order valence-electron chi connectivity index (χ0n) is 11.1. The quantitative estimate of drug-likeness (QED) is 0.582. The molecule has 7 heteroatoms. The lowest BCUT2D eigenvalue weighted by atomic mass is 10.2. The highest BCUT2D eigenvalue weighted by atomic mass is 19.1. The van der Waals surface area contributed by atoms with Crippen LogP contribution >= 0.6 is 0 Å². The van der Waals surface area contributed by atoms with Gasteiger partial charge in [0.2, 0.25) is 0 Å². The van der Waals surface area contributed by atoms with Crippen molar-refractivity contribution >= 4 is 17.6 Å². The van der Waals surface area contributed by atoms with Crippen LogP contribution in [0.15, 0.2) is 24.3 Å². The summed E-state index contributed by atoms with van der Waals surface area (Å²) in [6, 6.07) is 6.77. The monoisotopic (exact) mass is 284 g/mol. The Labute approximate surface area is 116 Å². The maximum Gasteiger partial charge on any atom is 0.351 e. The van der Waals surface area contributed by atoms with Gasteiger partial charge in [0, 0.05) is 5.69 Å². The van der Waals surface area contributed by atoms with Crippen LogP contribution in [0.1, 0.15) is 0 Å². The van der Waals surface area contributed by atoms with Gasteiger partial charge in [-0.2, -0.15) is 0 Å². The Kier molecular flexibility index (Phi) is 5.92. The molecule has 0 atom stereocenters. The maximum absolute atomic E-state index is 12.7. The summed E-state index contributed by atoms with van der Waals surface area (Å²) in [6.45, 7) is 4.46. The molecule has 0 amide bonds. The van der Waals surface area contributed by atoms with Gasteiger partial charge < -0.3 is 24.8 Å². The number of hydrogen-bond acceptors (Lipinski definition) is 4. The molecule has 1 aromatic rings. The lowest BCUT2D eigenvalue weighted by molar-refractivity contribution is -0.880. The second-order valence-electron chi connectivity index (χ2n) is 4.51. The summed E-state index contributed by atoms with van der Waals surface area (Å²) >= 11 is 0. The van der Waals surface area contributed by atoms with Crippen LogP contribution < -0.4 is 14.9 Å². The zero-order chi connectivity index (χ0) is 15.1. The molecule has 0 unspecified atom stereocenters. The third kappa shape index (κ3) is 5.23. The molecule has 0 aliphatic carbocycles. The van der Waals surface area contributed by atoms with Gasteiger partial charge in [-0.1, -0.05) is 0 Å². The number of carboxylic acid groups (broad SMARTS) is 2. The second-order valence-corrected chi connectivity index (χ2v) is 4.51. The molecule has 1 aliphatic rings. The Morgan fingerprint density at radius 2 is 1.70 bits per heavy atom. The Morgan fingerprint density at radius 3 is 2.10 bits per heavy atom. The molecule has 2 N–H and O–H groups in total. The highest BCUT2D eigenvalue weighted by molar-refractivity contribution is 6.26. The molecule has 1 saturated heterocycles. The van der Waals surface area contributed by atoms with Crippen molar-refractivity contribution in [3.8, 4) is 0 Å². The highest BCUT2D eigenvalue weighted by Crippen LogP contribution is 2.14. The third-order valence-electron chi connectivity index (χ3n) is 2.98. The molecule has 0 saturated carbocycles. The van der Waals surface area contributed by atoms with E-state index in [1.165, 1.54) is 12.1 Å². The van der Waals surface area contributed by atoms with E-state index in [-0.39, 0.29) is 5.82 Å². The fourth-order valence-corrected chi connectivity index (χ4v) is 1.80. The van der Waals surface area contributed by atoms with Crippen molar-refractivity contribution in [3.05, 3.63) is 30.1 Å². The van der Waals surface area contributed by atoms with Crippen LogP contribution in [0.25, 0.3) is 0 Å². The molecular weight excluding hydrogens is 267 g/mol. The molecule has 1 aliphatic heterocycles. The average Bonchev–Trinajstić information content (AvgIpc) is 2.41.